The van der Waals surface area contributed by atoms with Crippen LogP contribution in [0.2, 0.25) is 0 Å². The van der Waals surface area contributed by atoms with Gasteiger partial charge in [-0.15, -0.1) is 6.58 Å². The molecule has 350 valence electrons. The van der Waals surface area contributed by atoms with Gasteiger partial charge in [0, 0.05) is 43.2 Å². The van der Waals surface area contributed by atoms with Crippen molar-refractivity contribution in [2.75, 3.05) is 39.6 Å². The third kappa shape index (κ3) is 13.3. The van der Waals surface area contributed by atoms with Crippen molar-refractivity contribution in [1.29, 1.82) is 0 Å². The van der Waals surface area contributed by atoms with Crippen LogP contribution in [0.25, 0.3) is 0 Å². The summed E-state index contributed by atoms with van der Waals surface area (Å²) in [6.07, 6.45) is 21.2. The number of amides is 1. The van der Waals surface area contributed by atoms with Crippen molar-refractivity contribution in [2.45, 2.75) is 161 Å². The van der Waals surface area contributed by atoms with Gasteiger partial charge in [-0.25, -0.2) is 9.18 Å². The molecule has 63 heavy (non-hydrogen) atoms. The molecule has 3 aliphatic rings. The largest absolute Gasteiger partial charge is 0.489 e. The predicted molar refractivity (Wildman–Crippen MR) is 248 cm³/mol. The summed E-state index contributed by atoms with van der Waals surface area (Å²) in [6, 6.07) is 11.8. The van der Waals surface area contributed by atoms with E-state index in [1.54, 1.807) is 29.2 Å². The van der Waals surface area contributed by atoms with Crippen LogP contribution in [0.4, 0.5) is 9.18 Å². The number of allylic oxidation sites excluding steroid dienone is 1. The molecule has 0 spiro atoms. The Morgan fingerprint density at radius 2 is 1.63 bits per heavy atom. The maximum absolute atomic E-state index is 14.7. The first-order chi connectivity index (χ1) is 30.9. The van der Waals surface area contributed by atoms with E-state index in [4.69, 9.17) is 28.9 Å². The summed E-state index contributed by atoms with van der Waals surface area (Å²) in [7, 11) is 0. The fraction of sp³-hybridized carbons (Fsp3) is 0.654. The molecule has 2 aromatic carbocycles. The van der Waals surface area contributed by atoms with E-state index in [1.165, 1.54) is 51.0 Å². The lowest BCUT2D eigenvalue weighted by Crippen LogP contribution is -2.70. The van der Waals surface area contributed by atoms with E-state index in [0.717, 1.165) is 61.8 Å². The quantitative estimate of drug-likeness (QED) is 0.0452. The van der Waals surface area contributed by atoms with E-state index in [2.05, 4.69) is 26.5 Å². The molecule has 0 aromatic heterocycles. The van der Waals surface area contributed by atoms with Gasteiger partial charge in [-0.3, -0.25) is 4.90 Å². The van der Waals surface area contributed by atoms with Gasteiger partial charge in [0.05, 0.1) is 24.8 Å². The van der Waals surface area contributed by atoms with Crippen LogP contribution in [0.5, 0.6) is 11.5 Å². The highest BCUT2D eigenvalue weighted by molar-refractivity contribution is 6.03. The Hall–Kier alpha value is -3.93. The number of carbonyl (C=O) groups is 1. The second-order valence-electron chi connectivity index (χ2n) is 17.6. The summed E-state index contributed by atoms with van der Waals surface area (Å²) in [5.41, 5.74) is 3.12. The van der Waals surface area contributed by atoms with Crippen LogP contribution in [0, 0.1) is 23.6 Å². The molecule has 0 bridgehead atoms. The molecular weight excluding hydrogens is 800 g/mol. The lowest BCUT2D eigenvalue weighted by atomic mass is 9.55. The predicted octanol–water partition coefficient (Wildman–Crippen LogP) is 11.8. The molecule has 6 atom stereocenters. The average Bonchev–Trinajstić information content (AvgIpc) is 3.29. The van der Waals surface area contributed by atoms with Crippen molar-refractivity contribution in [3.8, 4) is 11.5 Å². The summed E-state index contributed by atoms with van der Waals surface area (Å²) in [5.74, 6) is -0.954. The highest BCUT2D eigenvalue weighted by Crippen LogP contribution is 2.62. The molecule has 1 amide bonds. The van der Waals surface area contributed by atoms with Crippen molar-refractivity contribution >= 4 is 11.8 Å². The number of halogens is 1. The molecule has 1 fully saturated rings. The van der Waals surface area contributed by atoms with Gasteiger partial charge in [-0.1, -0.05) is 120 Å². The van der Waals surface area contributed by atoms with Gasteiger partial charge in [0.2, 0.25) is 5.79 Å². The first-order valence-corrected chi connectivity index (χ1v) is 24.4. The second-order valence-corrected chi connectivity index (χ2v) is 17.6. The van der Waals surface area contributed by atoms with E-state index in [1.807, 2.05) is 25.1 Å². The maximum atomic E-state index is 14.7. The first kappa shape index (κ1) is 50.1. The minimum absolute atomic E-state index is 0.0577. The lowest BCUT2D eigenvalue weighted by Gasteiger charge is -2.59. The van der Waals surface area contributed by atoms with Gasteiger partial charge >= 0.3 is 6.09 Å². The second kappa shape index (κ2) is 26.8. The zero-order chi connectivity index (χ0) is 44.9. The molecule has 10 nitrogen and oxygen atoms in total. The summed E-state index contributed by atoms with van der Waals surface area (Å²) < 4.78 is 41.5. The zero-order valence-corrected chi connectivity index (χ0v) is 38.6. The number of fused-ring (bicyclic) bond motifs is 2. The van der Waals surface area contributed by atoms with Gasteiger partial charge in [0.1, 0.15) is 36.6 Å². The minimum atomic E-state index is -1.37. The molecule has 0 unspecified atom stereocenters. The van der Waals surface area contributed by atoms with Crippen LogP contribution < -0.4 is 9.47 Å². The van der Waals surface area contributed by atoms with Gasteiger partial charge < -0.3 is 34.0 Å². The number of oxime groups is 1. The van der Waals surface area contributed by atoms with Crippen molar-refractivity contribution in [3.63, 3.8) is 0 Å². The molecule has 2 aromatic rings. The van der Waals surface area contributed by atoms with Gasteiger partial charge in [0.25, 0.3) is 0 Å². The normalized spacial score (nSPS) is 23.0. The number of nitrogens with zero attached hydrogens (tertiary/aromatic N) is 2. The van der Waals surface area contributed by atoms with Crippen LogP contribution in [0.1, 0.15) is 153 Å². The fourth-order valence-electron chi connectivity index (χ4n) is 10.1. The van der Waals surface area contributed by atoms with Gasteiger partial charge in [-0.05, 0) is 87.1 Å². The summed E-state index contributed by atoms with van der Waals surface area (Å²) >= 11 is 0. The Morgan fingerprint density at radius 3 is 2.32 bits per heavy atom. The molecule has 2 N–H and O–H groups in total. The lowest BCUT2D eigenvalue weighted by molar-refractivity contribution is -0.255. The number of unbranched alkanes of at least 4 members (excludes halogenated alkanes) is 11. The summed E-state index contributed by atoms with van der Waals surface area (Å²) in [6.45, 7) is 11.8. The Balaban J connectivity index is 1.55. The van der Waals surface area contributed by atoms with Gasteiger partial charge in [-0.2, -0.15) is 0 Å². The minimum Gasteiger partial charge on any atom is -0.489 e. The zero-order valence-electron chi connectivity index (χ0n) is 38.6. The van der Waals surface area contributed by atoms with E-state index < -0.39 is 23.8 Å². The number of rotatable bonds is 30. The molecule has 1 saturated carbocycles. The number of aliphatic hydroxyl groups is 2. The fourth-order valence-corrected chi connectivity index (χ4v) is 10.1. The number of ether oxygens (including phenoxy) is 4. The van der Waals surface area contributed by atoms with Crippen LogP contribution in [-0.2, 0) is 20.9 Å². The van der Waals surface area contributed by atoms with Gasteiger partial charge in [0.15, 0.2) is 0 Å². The SMILES string of the molecule is C=CCO[C@@]12Oc3ccc(OCc4ccccc4F)cc3[C@H]3[C@H](CCCCO)[C@@H](CCCCO)C=C(C(=NOCC)C[C@@H]1N(CCC)C(=O)OCCCCCCCCCCCC)[C@H]32. The molecule has 0 saturated heterocycles. The van der Waals surface area contributed by atoms with E-state index >= 15 is 0 Å². The molecule has 1 heterocycles. The number of carbonyl (C=O) groups excluding carboxylic acids is 1. The average molecular weight is 877 g/mol. The number of benzene rings is 2. The van der Waals surface area contributed by atoms with E-state index in [-0.39, 0.29) is 50.0 Å². The van der Waals surface area contributed by atoms with Crippen molar-refractivity contribution < 1.29 is 43.2 Å². The molecule has 0 radical (unpaired) electrons. The highest BCUT2D eigenvalue weighted by Gasteiger charge is 2.65. The monoisotopic (exact) mass is 877 g/mol. The Kier molecular flexibility index (Phi) is 21.3. The Bertz CT molecular complexity index is 1750. The molecule has 2 aliphatic carbocycles. The molecular formula is C52H77FN2O8. The van der Waals surface area contributed by atoms with E-state index in [0.29, 0.717) is 62.5 Å². The summed E-state index contributed by atoms with van der Waals surface area (Å²) in [4.78, 5) is 22.2. The summed E-state index contributed by atoms with van der Waals surface area (Å²) in [5, 5.41) is 24.6. The number of hydrogen-bond donors (Lipinski definition) is 2. The number of hydrogen-bond acceptors (Lipinski definition) is 9. The molecule has 11 heteroatoms. The molecule has 5 rings (SSSR count). The van der Waals surface area contributed by atoms with Crippen LogP contribution in [0.15, 0.2) is 71.9 Å². The third-order valence-corrected chi connectivity index (χ3v) is 13.1. The van der Waals surface area contributed by atoms with Crippen LogP contribution >= 0.6 is 0 Å². The van der Waals surface area contributed by atoms with Crippen molar-refractivity contribution in [2.24, 2.45) is 22.9 Å². The maximum Gasteiger partial charge on any atom is 0.410 e. The van der Waals surface area contributed by atoms with Crippen molar-refractivity contribution in [1.82, 2.24) is 4.90 Å². The topological polar surface area (TPSA) is 119 Å². The highest BCUT2D eigenvalue weighted by atomic mass is 19.1. The standard InChI is InChI=1S/C52H77FN2O8/c1-5-9-10-11-12-13-14-15-16-23-34-59-51(58)55(30-6-2)48-37-46(54-62-8-4)43-35-39(24-19-21-31-56)42(26-20-22-32-57)49-44-36-41(60-38-40-25-17-18-27-45(40)53)28-29-47(44)63-52(48,50(43)49)61-33-7-3/h7,17-18,25,27-29,35-36,39,42,48-50,56-57H,3,5-6,8-16,19-24,26,30-34,37-38H2,1-2,4H3/t39-,42+,48-,49+,50+,52+/m0/s1. The van der Waals surface area contributed by atoms with Crippen LogP contribution in [-0.4, -0.2) is 78.3 Å². The molecule has 1 aliphatic heterocycles. The van der Waals surface area contributed by atoms with E-state index in [9.17, 15) is 19.4 Å². The smallest absolute Gasteiger partial charge is 0.410 e. The number of aliphatic hydroxyl groups excluding tert-OH is 2. The first-order valence-electron chi connectivity index (χ1n) is 24.4. The third-order valence-electron chi connectivity index (χ3n) is 13.1. The van der Waals surface area contributed by atoms with Crippen molar-refractivity contribution in [3.05, 3.63) is 83.7 Å². The van der Waals surface area contributed by atoms with Crippen LogP contribution in [0.3, 0.4) is 0 Å². The Labute approximate surface area is 377 Å². The Morgan fingerprint density at radius 1 is 0.921 bits per heavy atom.